The van der Waals surface area contributed by atoms with E-state index in [4.69, 9.17) is 10.8 Å². The van der Waals surface area contributed by atoms with E-state index in [0.717, 1.165) is 0 Å². The Bertz CT molecular complexity index is 286. The molecular weight excluding hydrogens is 219 g/mol. The van der Waals surface area contributed by atoms with Crippen LogP contribution in [0.25, 0.3) is 0 Å². The number of halogens is 2. The van der Waals surface area contributed by atoms with E-state index in [1.54, 1.807) is 18.2 Å². The molecule has 0 fully saturated rings. The first-order chi connectivity index (χ1) is 6.74. The topological polar surface area (TPSA) is 58.3 Å². The fourth-order valence-electron chi connectivity index (χ4n) is 1.11. The normalized spacial score (nSPS) is 11.7. The Kier molecular flexibility index (Phi) is 7.03. The number of para-hydroxylation sites is 1. The number of nitrogens with two attached hydrogens (primary N) is 1. The highest BCUT2D eigenvalue weighted by molar-refractivity contribution is 5.85. The van der Waals surface area contributed by atoms with Crippen molar-refractivity contribution in [3.63, 3.8) is 0 Å². The molecule has 0 aromatic heterocycles. The summed E-state index contributed by atoms with van der Waals surface area (Å²) in [4.78, 5) is 0. The molecule has 86 valence electrons. The van der Waals surface area contributed by atoms with Gasteiger partial charge in [-0.15, -0.1) is 12.4 Å². The number of hydrogen-bond donors (Lipinski definition) is 3. The van der Waals surface area contributed by atoms with Crippen molar-refractivity contribution in [3.05, 3.63) is 30.1 Å². The van der Waals surface area contributed by atoms with Crippen LogP contribution in [0.5, 0.6) is 0 Å². The number of anilines is 1. The second-order valence-corrected chi connectivity index (χ2v) is 3.13. The van der Waals surface area contributed by atoms with Crippen molar-refractivity contribution in [1.82, 2.24) is 0 Å². The molecule has 0 saturated carbocycles. The van der Waals surface area contributed by atoms with Crippen molar-refractivity contribution in [2.75, 3.05) is 18.5 Å². The van der Waals surface area contributed by atoms with Crippen molar-refractivity contribution in [2.24, 2.45) is 5.73 Å². The minimum atomic E-state index is -0.288. The zero-order chi connectivity index (χ0) is 10.4. The van der Waals surface area contributed by atoms with E-state index in [2.05, 4.69) is 5.32 Å². The fourth-order valence-corrected chi connectivity index (χ4v) is 1.11. The Morgan fingerprint density at radius 3 is 2.67 bits per heavy atom. The maximum atomic E-state index is 13.1. The predicted molar refractivity (Wildman–Crippen MR) is 61.8 cm³/mol. The highest BCUT2D eigenvalue weighted by Crippen LogP contribution is 2.11. The summed E-state index contributed by atoms with van der Waals surface area (Å²) in [5.74, 6) is -0.288. The van der Waals surface area contributed by atoms with Gasteiger partial charge in [-0.2, -0.15) is 0 Å². The van der Waals surface area contributed by atoms with Gasteiger partial charge >= 0.3 is 0 Å². The summed E-state index contributed by atoms with van der Waals surface area (Å²) in [6.07, 6.45) is 0.515. The average molecular weight is 235 g/mol. The molecule has 0 radical (unpaired) electrons. The molecule has 1 aromatic rings. The third kappa shape index (κ3) is 4.97. The van der Waals surface area contributed by atoms with E-state index in [-0.39, 0.29) is 30.9 Å². The van der Waals surface area contributed by atoms with Gasteiger partial charge in [-0.05, 0) is 18.6 Å². The van der Waals surface area contributed by atoms with Crippen LogP contribution in [0.15, 0.2) is 24.3 Å². The maximum absolute atomic E-state index is 13.1. The summed E-state index contributed by atoms with van der Waals surface area (Å²) in [5, 5.41) is 11.5. The molecule has 0 spiro atoms. The molecular formula is C10H16ClFN2O. The van der Waals surface area contributed by atoms with Gasteiger partial charge < -0.3 is 16.2 Å². The Morgan fingerprint density at radius 1 is 1.40 bits per heavy atom. The molecule has 5 heteroatoms. The lowest BCUT2D eigenvalue weighted by Gasteiger charge is -2.12. The molecule has 0 amide bonds. The minimum absolute atomic E-state index is 0. The molecule has 1 aromatic carbocycles. The summed E-state index contributed by atoms with van der Waals surface area (Å²) in [5.41, 5.74) is 6.08. The van der Waals surface area contributed by atoms with Crippen LogP contribution < -0.4 is 11.1 Å². The molecule has 0 heterocycles. The Labute approximate surface area is 94.9 Å². The van der Waals surface area contributed by atoms with Crippen LogP contribution in [-0.4, -0.2) is 24.3 Å². The first-order valence-electron chi connectivity index (χ1n) is 4.59. The van der Waals surface area contributed by atoms with Gasteiger partial charge in [0.2, 0.25) is 0 Å². The van der Waals surface area contributed by atoms with Crippen LogP contribution in [0.4, 0.5) is 10.1 Å². The second kappa shape index (κ2) is 7.45. The van der Waals surface area contributed by atoms with Gasteiger partial charge in [0.25, 0.3) is 0 Å². The van der Waals surface area contributed by atoms with Crippen LogP contribution >= 0.6 is 12.4 Å². The lowest BCUT2D eigenvalue weighted by atomic mass is 10.2. The highest BCUT2D eigenvalue weighted by Gasteiger charge is 2.03. The summed E-state index contributed by atoms with van der Waals surface area (Å²) in [7, 11) is 0. The van der Waals surface area contributed by atoms with Crippen molar-refractivity contribution < 1.29 is 9.50 Å². The number of hydrogen-bond acceptors (Lipinski definition) is 3. The van der Waals surface area contributed by atoms with Crippen LogP contribution in [-0.2, 0) is 0 Å². The number of rotatable bonds is 5. The summed E-state index contributed by atoms with van der Waals surface area (Å²) in [6.45, 7) is 0.515. The van der Waals surface area contributed by atoms with Crippen LogP contribution in [0.3, 0.4) is 0 Å². The van der Waals surface area contributed by atoms with Crippen LogP contribution in [0.1, 0.15) is 6.42 Å². The van der Waals surface area contributed by atoms with Gasteiger partial charge in [0.15, 0.2) is 0 Å². The molecule has 15 heavy (non-hydrogen) atoms. The maximum Gasteiger partial charge on any atom is 0.146 e. The third-order valence-electron chi connectivity index (χ3n) is 1.93. The summed E-state index contributed by atoms with van der Waals surface area (Å²) < 4.78 is 13.1. The number of aliphatic hydroxyl groups excluding tert-OH is 1. The monoisotopic (exact) mass is 234 g/mol. The van der Waals surface area contributed by atoms with Gasteiger partial charge in [-0.3, -0.25) is 0 Å². The Balaban J connectivity index is 0.00000196. The average Bonchev–Trinajstić information content (AvgIpc) is 2.17. The van der Waals surface area contributed by atoms with E-state index in [0.29, 0.717) is 18.7 Å². The zero-order valence-corrected chi connectivity index (χ0v) is 9.14. The predicted octanol–water partition coefficient (Wildman–Crippen LogP) is 1.37. The second-order valence-electron chi connectivity index (χ2n) is 3.13. The van der Waals surface area contributed by atoms with Crippen LogP contribution in [0.2, 0.25) is 0 Å². The van der Waals surface area contributed by atoms with Crippen molar-refractivity contribution in [3.8, 4) is 0 Å². The van der Waals surface area contributed by atoms with Crippen LogP contribution in [0, 0.1) is 5.82 Å². The summed E-state index contributed by atoms with van der Waals surface area (Å²) >= 11 is 0. The number of nitrogens with one attached hydrogen (secondary N) is 1. The molecule has 1 unspecified atom stereocenters. The molecule has 1 rings (SSSR count). The molecule has 0 aliphatic carbocycles. The minimum Gasteiger partial charge on any atom is -0.396 e. The molecule has 0 bridgehead atoms. The number of aliphatic hydroxyl groups is 1. The molecule has 0 saturated heterocycles. The van der Waals surface area contributed by atoms with E-state index in [1.807, 2.05) is 0 Å². The van der Waals surface area contributed by atoms with E-state index >= 15 is 0 Å². The lowest BCUT2D eigenvalue weighted by Crippen LogP contribution is -2.30. The van der Waals surface area contributed by atoms with E-state index in [9.17, 15) is 4.39 Å². The van der Waals surface area contributed by atoms with Gasteiger partial charge in [-0.25, -0.2) is 4.39 Å². The van der Waals surface area contributed by atoms with Gasteiger partial charge in [0.1, 0.15) is 5.82 Å². The van der Waals surface area contributed by atoms with Gasteiger partial charge in [0, 0.05) is 19.2 Å². The van der Waals surface area contributed by atoms with Crippen molar-refractivity contribution in [2.45, 2.75) is 12.5 Å². The first kappa shape index (κ1) is 14.2. The Morgan fingerprint density at radius 2 is 2.07 bits per heavy atom. The zero-order valence-electron chi connectivity index (χ0n) is 8.32. The number of benzene rings is 1. The van der Waals surface area contributed by atoms with E-state index in [1.165, 1.54) is 6.07 Å². The first-order valence-corrected chi connectivity index (χ1v) is 4.59. The standard InChI is InChI=1S/C10H15FN2O.ClH/c11-9-3-1-2-4-10(9)13-7-8(12)5-6-14;/h1-4,8,13-14H,5-7,12H2;1H. The molecule has 0 aliphatic rings. The molecule has 3 nitrogen and oxygen atoms in total. The quantitative estimate of drug-likeness (QED) is 0.721. The highest BCUT2D eigenvalue weighted by atomic mass is 35.5. The van der Waals surface area contributed by atoms with Gasteiger partial charge in [-0.1, -0.05) is 12.1 Å². The summed E-state index contributed by atoms with van der Waals surface area (Å²) in [6, 6.07) is 6.28. The Hall–Kier alpha value is -0.840. The molecule has 0 aliphatic heterocycles. The molecule has 4 N–H and O–H groups in total. The molecule has 1 atom stereocenters. The van der Waals surface area contributed by atoms with Crippen molar-refractivity contribution in [1.29, 1.82) is 0 Å². The van der Waals surface area contributed by atoms with E-state index < -0.39 is 0 Å². The smallest absolute Gasteiger partial charge is 0.146 e. The largest absolute Gasteiger partial charge is 0.396 e. The SMILES string of the molecule is Cl.NC(CCO)CNc1ccccc1F. The van der Waals surface area contributed by atoms with Crippen molar-refractivity contribution >= 4 is 18.1 Å². The van der Waals surface area contributed by atoms with Gasteiger partial charge in [0.05, 0.1) is 5.69 Å². The lowest BCUT2D eigenvalue weighted by molar-refractivity contribution is 0.277. The third-order valence-corrected chi connectivity index (χ3v) is 1.93. The fraction of sp³-hybridized carbons (Fsp3) is 0.400.